The number of carboxylic acids is 1. The van der Waals surface area contributed by atoms with Crippen LogP contribution in [0, 0.1) is 29.6 Å². The lowest BCUT2D eigenvalue weighted by molar-refractivity contribution is -0.141. The average molecular weight is 764 g/mol. The summed E-state index contributed by atoms with van der Waals surface area (Å²) in [6.45, 7) is 4.18. The van der Waals surface area contributed by atoms with Gasteiger partial charge in [-0.05, 0) is 92.8 Å². The number of aliphatic carboxylic acids is 1. The summed E-state index contributed by atoms with van der Waals surface area (Å²) in [4.78, 5) is 81.2. The molecule has 3 amide bonds. The molecule has 7 atom stereocenters. The first kappa shape index (κ1) is 36.7. The van der Waals surface area contributed by atoms with E-state index in [1.165, 1.54) is 16.2 Å². The summed E-state index contributed by atoms with van der Waals surface area (Å²) in [5, 5.41) is 12.5. The molecule has 3 fully saturated rings. The molecule has 15 heteroatoms. The zero-order valence-electron chi connectivity index (χ0n) is 29.3. The number of aromatic amines is 1. The van der Waals surface area contributed by atoms with Crippen molar-refractivity contribution in [2.45, 2.75) is 62.1 Å². The fourth-order valence-electron chi connectivity index (χ4n) is 8.75. The minimum atomic E-state index is -0.857. The number of nitrogens with one attached hydrogen (secondary N) is 2. The van der Waals surface area contributed by atoms with Gasteiger partial charge in [-0.1, -0.05) is 23.8 Å². The number of carbonyl (C=O) groups is 5. The van der Waals surface area contributed by atoms with E-state index in [1.807, 2.05) is 19.1 Å². The van der Waals surface area contributed by atoms with Crippen molar-refractivity contribution in [3.8, 4) is 11.5 Å². The second-order valence-electron chi connectivity index (χ2n) is 13.8. The zero-order chi connectivity index (χ0) is 37.4. The first-order valence-corrected chi connectivity index (χ1v) is 19.7. The van der Waals surface area contributed by atoms with Crippen molar-refractivity contribution in [3.63, 3.8) is 0 Å². The second kappa shape index (κ2) is 15.4. The van der Waals surface area contributed by atoms with Gasteiger partial charge in [-0.2, -0.15) is 0 Å². The number of anilines is 1. The lowest BCUT2D eigenvalue weighted by Crippen LogP contribution is -2.42. The maximum Gasteiger partial charge on any atom is 0.338 e. The highest BCUT2D eigenvalue weighted by atomic mass is 32.2. The van der Waals surface area contributed by atoms with Gasteiger partial charge in [0.2, 0.25) is 11.8 Å². The van der Waals surface area contributed by atoms with E-state index in [0.29, 0.717) is 55.2 Å². The number of thioether (sulfide) groups is 1. The summed E-state index contributed by atoms with van der Waals surface area (Å²) in [6.07, 6.45) is 2.53. The van der Waals surface area contributed by atoms with Crippen LogP contribution >= 0.6 is 23.1 Å². The molecule has 1 aromatic heterocycles. The van der Waals surface area contributed by atoms with Crippen molar-refractivity contribution in [2.75, 3.05) is 31.7 Å². The summed E-state index contributed by atoms with van der Waals surface area (Å²) < 4.78 is 17.0. The Labute approximate surface area is 313 Å². The highest BCUT2D eigenvalue weighted by Gasteiger charge is 2.69. The van der Waals surface area contributed by atoms with E-state index >= 15 is 0 Å². The third kappa shape index (κ3) is 7.08. The number of esters is 1. The van der Waals surface area contributed by atoms with E-state index in [0.717, 1.165) is 21.9 Å². The molecule has 0 radical (unpaired) electrons. The molecular weight excluding hydrogens is 723 g/mol. The molecular formula is C38H41N3O10S2. The summed E-state index contributed by atoms with van der Waals surface area (Å²) in [5.41, 5.74) is 1.77. The van der Waals surface area contributed by atoms with E-state index in [-0.39, 0.29) is 71.2 Å². The Kier molecular flexibility index (Phi) is 10.7. The molecule has 2 aliphatic carbocycles. The van der Waals surface area contributed by atoms with Crippen molar-refractivity contribution in [2.24, 2.45) is 29.6 Å². The normalized spacial score (nSPS) is 25.1. The largest absolute Gasteiger partial charge is 0.490 e. The predicted molar refractivity (Wildman–Crippen MR) is 195 cm³/mol. The third-order valence-corrected chi connectivity index (χ3v) is 13.3. The Morgan fingerprint density at radius 2 is 1.68 bits per heavy atom. The van der Waals surface area contributed by atoms with Crippen LogP contribution in [0.4, 0.5) is 5.69 Å². The first-order valence-electron chi connectivity index (χ1n) is 18.0. The quantitative estimate of drug-likeness (QED) is 0.106. The van der Waals surface area contributed by atoms with Crippen LogP contribution in [-0.4, -0.2) is 76.3 Å². The number of carboxylic acid groups (broad SMARTS) is 1. The second-order valence-corrected chi connectivity index (χ2v) is 16.0. The number of rotatable bonds is 15. The molecule has 2 bridgehead atoms. The van der Waals surface area contributed by atoms with Gasteiger partial charge in [0.15, 0.2) is 18.1 Å². The van der Waals surface area contributed by atoms with Gasteiger partial charge in [-0.3, -0.25) is 28.9 Å². The number of hydrogen-bond donors (Lipinski definition) is 3. The van der Waals surface area contributed by atoms with Gasteiger partial charge in [-0.15, -0.1) is 11.8 Å². The minimum absolute atomic E-state index is 0.000272. The average Bonchev–Trinajstić information content (AvgIpc) is 3.87. The number of fused-ring (bicyclic) bond motifs is 9. The van der Waals surface area contributed by atoms with Crippen molar-refractivity contribution in [1.82, 2.24) is 9.88 Å². The van der Waals surface area contributed by atoms with Gasteiger partial charge in [0, 0.05) is 34.7 Å². The number of thiazole rings is 1. The molecule has 53 heavy (non-hydrogen) atoms. The van der Waals surface area contributed by atoms with Crippen molar-refractivity contribution < 1.29 is 43.3 Å². The Bertz CT molecular complexity index is 1980. The maximum absolute atomic E-state index is 13.9. The number of likely N-dealkylation sites (tertiary alicyclic amines) is 1. The Hall–Kier alpha value is -4.63. The monoisotopic (exact) mass is 763 g/mol. The summed E-state index contributed by atoms with van der Waals surface area (Å²) in [6, 6.07) is 11.9. The van der Waals surface area contributed by atoms with Crippen LogP contribution in [0.5, 0.6) is 11.5 Å². The van der Waals surface area contributed by atoms with Crippen LogP contribution in [-0.2, 0) is 23.9 Å². The van der Waals surface area contributed by atoms with Crippen molar-refractivity contribution in [1.29, 1.82) is 0 Å². The number of amides is 3. The smallest absolute Gasteiger partial charge is 0.338 e. The molecule has 2 saturated carbocycles. The molecule has 7 rings (SSSR count). The molecule has 3 N–H and O–H groups in total. The van der Waals surface area contributed by atoms with E-state index in [9.17, 15) is 28.8 Å². The van der Waals surface area contributed by atoms with Crippen LogP contribution in [0.15, 0.2) is 52.3 Å². The van der Waals surface area contributed by atoms with Gasteiger partial charge in [0.25, 0.3) is 5.91 Å². The lowest BCUT2D eigenvalue weighted by Gasteiger charge is -2.43. The number of hydrogen-bond acceptors (Lipinski definition) is 11. The fourth-order valence-corrected chi connectivity index (χ4v) is 11.6. The SMILES string of the molecule is CCOC(=O)c1ccc(NC(=O)COc2ccc([C@H]3c4sc(=O)[nH]c4SC4C5CC(C6C(=O)N(CCCCCC(=O)O)C(=O)C56)C43)cc2OCC)cc1. The van der Waals surface area contributed by atoms with E-state index in [1.54, 1.807) is 49.0 Å². The molecule has 13 nitrogen and oxygen atoms in total. The molecule has 4 aliphatic rings. The summed E-state index contributed by atoms with van der Waals surface area (Å²) in [7, 11) is 0. The first-order chi connectivity index (χ1) is 25.6. The van der Waals surface area contributed by atoms with Crippen LogP contribution in [0.3, 0.4) is 0 Å². The predicted octanol–water partition coefficient (Wildman–Crippen LogP) is 5.15. The highest BCUT2D eigenvalue weighted by Crippen LogP contribution is 2.68. The van der Waals surface area contributed by atoms with Crippen LogP contribution in [0.2, 0.25) is 0 Å². The van der Waals surface area contributed by atoms with Gasteiger partial charge in [0.05, 0.1) is 35.6 Å². The van der Waals surface area contributed by atoms with Crippen molar-refractivity contribution in [3.05, 3.63) is 68.1 Å². The van der Waals surface area contributed by atoms with E-state index < -0.39 is 23.8 Å². The molecule has 2 aromatic carbocycles. The molecule has 3 heterocycles. The van der Waals surface area contributed by atoms with E-state index in [2.05, 4.69) is 10.3 Å². The summed E-state index contributed by atoms with van der Waals surface area (Å²) in [5.74, 6) is -2.23. The van der Waals surface area contributed by atoms with Crippen LogP contribution in [0.25, 0.3) is 0 Å². The molecule has 0 spiro atoms. The fraction of sp³-hybridized carbons (Fsp3) is 0.474. The number of nitrogens with zero attached hydrogens (tertiary/aromatic N) is 1. The molecule has 1 saturated heterocycles. The van der Waals surface area contributed by atoms with Gasteiger partial charge >= 0.3 is 16.8 Å². The standard InChI is InChI=1S/C38H41N3O10S2/c1-3-49-25-16-20(11-14-24(25)51-18-26(42)39-21-12-9-19(10-13-21)37(47)50-4-2)28-29-22-17-23(32(29)52-34-33(28)53-38(48)40-34)31-30(22)35(45)41(36(31)46)15-7-5-6-8-27(43)44/h9-14,16,22-23,28-32H,3-8,15,17-18H2,1-2H3,(H,39,42)(H,40,48)(H,43,44)/t22?,23?,28-,29?,30?,31?,32?/m1/s1. The van der Waals surface area contributed by atoms with Crippen molar-refractivity contribution >= 4 is 58.4 Å². The molecule has 6 unspecified atom stereocenters. The number of unbranched alkanes of at least 4 members (excludes halogenated alkanes) is 2. The topological polar surface area (TPSA) is 181 Å². The number of H-pyrrole nitrogens is 1. The number of aromatic nitrogens is 1. The highest BCUT2D eigenvalue weighted by molar-refractivity contribution is 8.00. The number of benzene rings is 2. The lowest BCUT2D eigenvalue weighted by atomic mass is 9.68. The molecule has 2 aliphatic heterocycles. The van der Waals surface area contributed by atoms with Crippen LogP contribution < -0.4 is 19.7 Å². The van der Waals surface area contributed by atoms with Gasteiger partial charge < -0.3 is 29.6 Å². The Balaban J connectivity index is 1.09. The van der Waals surface area contributed by atoms with Crippen LogP contribution in [0.1, 0.15) is 72.7 Å². The van der Waals surface area contributed by atoms with E-state index in [4.69, 9.17) is 19.3 Å². The maximum atomic E-state index is 13.9. The van der Waals surface area contributed by atoms with Gasteiger partial charge in [0.1, 0.15) is 0 Å². The molecule has 3 aromatic rings. The Morgan fingerprint density at radius 3 is 2.40 bits per heavy atom. The summed E-state index contributed by atoms with van der Waals surface area (Å²) >= 11 is 2.79. The number of ether oxygens (including phenoxy) is 3. The molecule has 280 valence electrons. The third-order valence-electron chi connectivity index (χ3n) is 10.8. The minimum Gasteiger partial charge on any atom is -0.490 e. The number of carbonyl (C=O) groups excluding carboxylic acids is 4. The Morgan fingerprint density at radius 1 is 0.925 bits per heavy atom. The van der Waals surface area contributed by atoms with Gasteiger partial charge in [-0.25, -0.2) is 4.79 Å². The zero-order valence-corrected chi connectivity index (χ0v) is 31.0. The number of imide groups is 1.